The van der Waals surface area contributed by atoms with Gasteiger partial charge in [0.05, 0.1) is 16.8 Å². The summed E-state index contributed by atoms with van der Waals surface area (Å²) in [5.74, 6) is 0.435. The summed E-state index contributed by atoms with van der Waals surface area (Å²) in [5, 5.41) is 1.36. The molecule has 0 atom stereocenters. The first-order chi connectivity index (χ1) is 15.5. The Morgan fingerprint density at radius 2 is 2.00 bits per heavy atom. The molecule has 2 aromatic heterocycles. The van der Waals surface area contributed by atoms with Gasteiger partial charge < -0.3 is 9.80 Å². The Hall–Kier alpha value is -2.16. The van der Waals surface area contributed by atoms with E-state index in [-0.39, 0.29) is 11.5 Å². The molecule has 32 heavy (non-hydrogen) atoms. The van der Waals surface area contributed by atoms with Gasteiger partial charge in [-0.1, -0.05) is 23.9 Å². The minimum absolute atomic E-state index is 0.0180. The molecule has 2 aliphatic heterocycles. The summed E-state index contributed by atoms with van der Waals surface area (Å²) >= 11 is 3.01. The van der Waals surface area contributed by atoms with Crippen molar-refractivity contribution in [3.8, 4) is 5.69 Å². The highest BCUT2D eigenvalue weighted by Gasteiger charge is 2.25. The first-order valence-corrected chi connectivity index (χ1v) is 13.0. The summed E-state index contributed by atoms with van der Waals surface area (Å²) in [7, 11) is 2.11. The van der Waals surface area contributed by atoms with Crippen molar-refractivity contribution in [3.05, 3.63) is 50.6 Å². The second-order valence-corrected chi connectivity index (χ2v) is 10.8. The monoisotopic (exact) mass is 468 g/mol. The van der Waals surface area contributed by atoms with Crippen LogP contribution in [-0.2, 0) is 17.8 Å². The molecular weight excluding hydrogens is 440 g/mol. The summed E-state index contributed by atoms with van der Waals surface area (Å²) in [6, 6.07) is 7.95. The van der Waals surface area contributed by atoms with Crippen molar-refractivity contribution in [1.29, 1.82) is 0 Å². The van der Waals surface area contributed by atoms with Gasteiger partial charge in [-0.25, -0.2) is 4.98 Å². The van der Waals surface area contributed by atoms with Crippen LogP contribution in [0.5, 0.6) is 0 Å². The van der Waals surface area contributed by atoms with Crippen LogP contribution in [0.15, 0.2) is 34.2 Å². The molecule has 2 aliphatic rings. The van der Waals surface area contributed by atoms with E-state index in [4.69, 9.17) is 4.98 Å². The molecule has 3 aromatic rings. The third kappa shape index (κ3) is 4.11. The van der Waals surface area contributed by atoms with Crippen molar-refractivity contribution in [2.75, 3.05) is 32.4 Å². The number of likely N-dealkylation sites (tertiary alicyclic amines) is 1. The third-order valence-corrected chi connectivity index (χ3v) is 8.36. The third-order valence-electron chi connectivity index (χ3n) is 6.33. The molecule has 4 heterocycles. The molecular formula is C24H28N4O2S2. The van der Waals surface area contributed by atoms with Gasteiger partial charge >= 0.3 is 0 Å². The largest absolute Gasteiger partial charge is 0.342 e. The lowest BCUT2D eigenvalue weighted by Gasteiger charge is -2.26. The second-order valence-electron chi connectivity index (χ2n) is 8.78. The van der Waals surface area contributed by atoms with E-state index in [0.29, 0.717) is 10.9 Å². The number of carbonyl (C=O) groups is 1. The number of nitrogens with zero attached hydrogens (tertiary/aromatic N) is 4. The summed E-state index contributed by atoms with van der Waals surface area (Å²) < 4.78 is 1.72. The molecule has 1 amide bonds. The van der Waals surface area contributed by atoms with Crippen LogP contribution in [0.4, 0.5) is 0 Å². The molecule has 0 spiro atoms. The van der Waals surface area contributed by atoms with Gasteiger partial charge in [-0.15, -0.1) is 11.3 Å². The minimum atomic E-state index is -0.0180. The molecule has 1 fully saturated rings. The predicted octanol–water partition coefficient (Wildman–Crippen LogP) is 3.85. The van der Waals surface area contributed by atoms with Crippen molar-refractivity contribution in [1.82, 2.24) is 19.4 Å². The maximum Gasteiger partial charge on any atom is 0.267 e. The Balaban J connectivity index is 1.58. The van der Waals surface area contributed by atoms with Crippen LogP contribution in [-0.4, -0.2) is 57.7 Å². The van der Waals surface area contributed by atoms with E-state index < -0.39 is 0 Å². The molecule has 1 aromatic carbocycles. The Bertz CT molecular complexity index is 1230. The van der Waals surface area contributed by atoms with Gasteiger partial charge in [0.15, 0.2) is 5.16 Å². The van der Waals surface area contributed by atoms with Gasteiger partial charge in [0.1, 0.15) is 4.83 Å². The summed E-state index contributed by atoms with van der Waals surface area (Å²) in [6.07, 6.45) is 4.21. The highest BCUT2D eigenvalue weighted by Crippen LogP contribution is 2.34. The van der Waals surface area contributed by atoms with E-state index in [1.54, 1.807) is 15.9 Å². The number of thioether (sulfide) groups is 1. The molecule has 0 N–H and O–H groups in total. The summed E-state index contributed by atoms with van der Waals surface area (Å²) in [4.78, 5) is 37.8. The molecule has 6 nitrogen and oxygen atoms in total. The highest BCUT2D eigenvalue weighted by atomic mass is 32.2. The van der Waals surface area contributed by atoms with E-state index in [2.05, 4.69) is 11.9 Å². The van der Waals surface area contributed by atoms with Crippen LogP contribution in [0.3, 0.4) is 0 Å². The molecule has 1 saturated heterocycles. The lowest BCUT2D eigenvalue weighted by atomic mass is 10.1. The number of amides is 1. The number of aromatic nitrogens is 2. The lowest BCUT2D eigenvalue weighted by Crippen LogP contribution is -2.36. The van der Waals surface area contributed by atoms with Crippen molar-refractivity contribution >= 4 is 39.2 Å². The van der Waals surface area contributed by atoms with Gasteiger partial charge in [-0.3, -0.25) is 14.2 Å². The number of rotatable bonds is 4. The SMILES string of the molecule is Cc1cccc(-n2c(SCC(=O)N3CCCCC3)nc3sc4c(c3c2=O)CCN(C)C4)c1. The molecule has 0 saturated carbocycles. The number of hydrogen-bond acceptors (Lipinski definition) is 6. The van der Waals surface area contributed by atoms with Crippen LogP contribution in [0.25, 0.3) is 15.9 Å². The predicted molar refractivity (Wildman–Crippen MR) is 131 cm³/mol. The molecule has 0 aliphatic carbocycles. The quantitative estimate of drug-likeness (QED) is 0.430. The molecule has 0 radical (unpaired) electrons. The van der Waals surface area contributed by atoms with Crippen LogP contribution in [0.2, 0.25) is 0 Å². The fraction of sp³-hybridized carbons (Fsp3) is 0.458. The average Bonchev–Trinajstić information content (AvgIpc) is 3.15. The van der Waals surface area contributed by atoms with E-state index in [0.717, 1.165) is 72.5 Å². The number of thiophene rings is 1. The van der Waals surface area contributed by atoms with Crippen molar-refractivity contribution in [2.24, 2.45) is 0 Å². The molecule has 5 rings (SSSR count). The number of benzene rings is 1. The van der Waals surface area contributed by atoms with Gasteiger partial charge in [-0.2, -0.15) is 0 Å². The Morgan fingerprint density at radius 1 is 1.19 bits per heavy atom. The van der Waals surface area contributed by atoms with Crippen LogP contribution in [0, 0.1) is 6.92 Å². The van der Waals surface area contributed by atoms with E-state index in [1.807, 2.05) is 36.1 Å². The fourth-order valence-corrected chi connectivity index (χ4v) is 6.86. The van der Waals surface area contributed by atoms with Crippen LogP contribution in [0.1, 0.15) is 35.3 Å². The highest BCUT2D eigenvalue weighted by molar-refractivity contribution is 7.99. The van der Waals surface area contributed by atoms with Gasteiger partial charge in [0.2, 0.25) is 5.91 Å². The topological polar surface area (TPSA) is 58.4 Å². The number of carbonyl (C=O) groups excluding carboxylic acids is 1. The van der Waals surface area contributed by atoms with Crippen LogP contribution >= 0.6 is 23.1 Å². The first-order valence-electron chi connectivity index (χ1n) is 11.2. The Kier molecular flexibility index (Phi) is 6.09. The smallest absolute Gasteiger partial charge is 0.267 e. The number of aryl methyl sites for hydroxylation is 1. The van der Waals surface area contributed by atoms with E-state index in [9.17, 15) is 9.59 Å². The molecule has 168 valence electrons. The first kappa shape index (κ1) is 21.7. The van der Waals surface area contributed by atoms with Gasteiger partial charge in [0.25, 0.3) is 5.56 Å². The number of hydrogen-bond donors (Lipinski definition) is 0. The fourth-order valence-electron chi connectivity index (χ4n) is 4.60. The van der Waals surface area contributed by atoms with Crippen molar-refractivity contribution < 1.29 is 4.79 Å². The normalized spacial score (nSPS) is 17.0. The van der Waals surface area contributed by atoms with Crippen molar-refractivity contribution in [2.45, 2.75) is 44.3 Å². The number of fused-ring (bicyclic) bond motifs is 3. The molecule has 0 bridgehead atoms. The lowest BCUT2D eigenvalue weighted by molar-refractivity contribution is -0.129. The van der Waals surface area contributed by atoms with Crippen LogP contribution < -0.4 is 5.56 Å². The standard InChI is InChI=1S/C24H28N4O2S2/c1-16-7-6-8-17(13-16)28-23(30)21-18-9-12-26(2)14-19(18)32-22(21)25-24(28)31-15-20(29)27-10-4-3-5-11-27/h6-8,13H,3-5,9-12,14-15H2,1-2H3. The summed E-state index contributed by atoms with van der Waals surface area (Å²) in [5.41, 5.74) is 3.03. The number of piperidine rings is 1. The van der Waals surface area contributed by atoms with E-state index >= 15 is 0 Å². The zero-order chi connectivity index (χ0) is 22.2. The maximum absolute atomic E-state index is 13.8. The average molecular weight is 469 g/mol. The minimum Gasteiger partial charge on any atom is -0.342 e. The second kappa shape index (κ2) is 9.00. The van der Waals surface area contributed by atoms with Gasteiger partial charge in [0, 0.05) is 31.1 Å². The van der Waals surface area contributed by atoms with E-state index in [1.165, 1.54) is 23.1 Å². The molecule has 8 heteroatoms. The molecule has 0 unspecified atom stereocenters. The Labute approximate surface area is 196 Å². The zero-order valence-corrected chi connectivity index (χ0v) is 20.2. The zero-order valence-electron chi connectivity index (χ0n) is 18.6. The Morgan fingerprint density at radius 3 is 2.78 bits per heavy atom. The summed E-state index contributed by atoms with van der Waals surface area (Å²) in [6.45, 7) is 5.50. The maximum atomic E-state index is 13.8. The van der Waals surface area contributed by atoms with Gasteiger partial charge in [-0.05, 0) is 62.9 Å². The van der Waals surface area contributed by atoms with Crippen molar-refractivity contribution in [3.63, 3.8) is 0 Å². The number of likely N-dealkylation sites (N-methyl/N-ethyl adjacent to an activating group) is 1.